The van der Waals surface area contributed by atoms with Crippen molar-refractivity contribution in [1.82, 2.24) is 4.98 Å². The van der Waals surface area contributed by atoms with Crippen LogP contribution in [0.2, 0.25) is 0 Å². The molecular weight excluding hydrogens is 248 g/mol. The predicted octanol–water partition coefficient (Wildman–Crippen LogP) is 2.61. The van der Waals surface area contributed by atoms with E-state index in [4.69, 9.17) is 5.73 Å². The van der Waals surface area contributed by atoms with Gasteiger partial charge in [0.05, 0.1) is 0 Å². The van der Waals surface area contributed by atoms with Crippen LogP contribution in [0.25, 0.3) is 0 Å². The molecule has 1 aliphatic rings. The van der Waals surface area contributed by atoms with Crippen LogP contribution in [0.15, 0.2) is 59.7 Å². The second-order valence-electron chi connectivity index (χ2n) is 5.08. The molecule has 0 radical (unpaired) electrons. The van der Waals surface area contributed by atoms with Gasteiger partial charge < -0.3 is 11.1 Å². The van der Waals surface area contributed by atoms with E-state index in [1.165, 1.54) is 12.0 Å². The van der Waals surface area contributed by atoms with Gasteiger partial charge in [0.1, 0.15) is 5.82 Å². The van der Waals surface area contributed by atoms with Crippen LogP contribution >= 0.6 is 0 Å². The summed E-state index contributed by atoms with van der Waals surface area (Å²) in [6.07, 6.45) is 2.92. The number of aliphatic imine (C=N–C) groups is 1. The fraction of sp³-hybridized carbons (Fsp3) is 0.250. The molecule has 3 rings (SSSR count). The van der Waals surface area contributed by atoms with Crippen molar-refractivity contribution >= 4 is 11.8 Å². The molecule has 3 N–H and O–H groups in total. The highest BCUT2D eigenvalue weighted by Crippen LogP contribution is 2.47. The van der Waals surface area contributed by atoms with Crippen LogP contribution in [0.3, 0.4) is 0 Å². The Morgan fingerprint density at radius 2 is 2.00 bits per heavy atom. The van der Waals surface area contributed by atoms with Gasteiger partial charge in [-0.2, -0.15) is 0 Å². The zero-order chi connectivity index (χ0) is 13.8. The lowest BCUT2D eigenvalue weighted by molar-refractivity contribution is 0.809. The summed E-state index contributed by atoms with van der Waals surface area (Å²) in [6.45, 7) is 0.769. The Bertz CT molecular complexity index is 580. The van der Waals surface area contributed by atoms with Crippen molar-refractivity contribution in [2.24, 2.45) is 16.6 Å². The lowest BCUT2D eigenvalue weighted by atomic mass is 10.1. The maximum atomic E-state index is 5.86. The fourth-order valence-electron chi connectivity index (χ4n) is 2.38. The van der Waals surface area contributed by atoms with Gasteiger partial charge in [0, 0.05) is 12.7 Å². The Labute approximate surface area is 118 Å². The van der Waals surface area contributed by atoms with Crippen molar-refractivity contribution in [2.45, 2.75) is 12.3 Å². The van der Waals surface area contributed by atoms with Gasteiger partial charge in [-0.25, -0.2) is 4.98 Å². The Morgan fingerprint density at radius 3 is 2.75 bits per heavy atom. The quantitative estimate of drug-likeness (QED) is 0.660. The smallest absolute Gasteiger partial charge is 0.194 e. The zero-order valence-corrected chi connectivity index (χ0v) is 11.2. The summed E-state index contributed by atoms with van der Waals surface area (Å²) in [4.78, 5) is 8.55. The third-order valence-corrected chi connectivity index (χ3v) is 3.57. The minimum atomic E-state index is 0.433. The summed E-state index contributed by atoms with van der Waals surface area (Å²) in [5.41, 5.74) is 7.27. The number of nitrogens with zero attached hydrogens (tertiary/aromatic N) is 2. The van der Waals surface area contributed by atoms with Gasteiger partial charge in [0.15, 0.2) is 5.96 Å². The number of nitrogens with two attached hydrogens (primary N) is 1. The number of hydrogen-bond acceptors (Lipinski definition) is 2. The lowest BCUT2D eigenvalue weighted by Gasteiger charge is -2.04. The fourth-order valence-corrected chi connectivity index (χ4v) is 2.38. The Kier molecular flexibility index (Phi) is 3.63. The number of hydrogen-bond donors (Lipinski definition) is 2. The molecule has 102 valence electrons. The lowest BCUT2D eigenvalue weighted by Crippen LogP contribution is -2.23. The average Bonchev–Trinajstić information content (AvgIpc) is 3.27. The molecule has 0 spiro atoms. The summed E-state index contributed by atoms with van der Waals surface area (Å²) >= 11 is 0. The molecule has 4 heteroatoms. The maximum absolute atomic E-state index is 5.86. The summed E-state index contributed by atoms with van der Waals surface area (Å²) in [7, 11) is 0. The number of rotatable bonds is 4. The summed E-state index contributed by atoms with van der Waals surface area (Å²) in [6, 6.07) is 16.2. The van der Waals surface area contributed by atoms with Crippen LogP contribution in [0.1, 0.15) is 17.9 Å². The molecule has 1 aromatic carbocycles. The SMILES string of the molecule is NC(=NC[C@@H]1C[C@H]1c1ccccc1)Nc1ccccn1. The molecule has 20 heavy (non-hydrogen) atoms. The highest BCUT2D eigenvalue weighted by atomic mass is 15.1. The second kappa shape index (κ2) is 5.74. The van der Waals surface area contributed by atoms with E-state index in [9.17, 15) is 0 Å². The maximum Gasteiger partial charge on any atom is 0.194 e. The van der Waals surface area contributed by atoms with Gasteiger partial charge in [-0.1, -0.05) is 36.4 Å². The van der Waals surface area contributed by atoms with Crippen molar-refractivity contribution in [1.29, 1.82) is 0 Å². The highest BCUT2D eigenvalue weighted by molar-refractivity contribution is 5.91. The number of nitrogens with one attached hydrogen (secondary N) is 1. The molecular formula is C16H18N4. The third-order valence-electron chi connectivity index (χ3n) is 3.57. The number of aromatic nitrogens is 1. The van der Waals surface area contributed by atoms with E-state index in [2.05, 4.69) is 39.6 Å². The number of benzene rings is 1. The van der Waals surface area contributed by atoms with Gasteiger partial charge in [-0.05, 0) is 36.0 Å². The van der Waals surface area contributed by atoms with Crippen LogP contribution in [0.4, 0.5) is 5.82 Å². The zero-order valence-electron chi connectivity index (χ0n) is 11.2. The molecule has 0 amide bonds. The number of guanidine groups is 1. The molecule has 0 aliphatic heterocycles. The molecule has 1 fully saturated rings. The molecule has 0 bridgehead atoms. The van der Waals surface area contributed by atoms with E-state index in [0.717, 1.165) is 12.4 Å². The summed E-state index contributed by atoms with van der Waals surface area (Å²) in [5, 5.41) is 3.00. The third kappa shape index (κ3) is 3.15. The normalized spacial score (nSPS) is 21.5. The predicted molar refractivity (Wildman–Crippen MR) is 81.6 cm³/mol. The van der Waals surface area contributed by atoms with E-state index < -0.39 is 0 Å². The Balaban J connectivity index is 1.52. The minimum absolute atomic E-state index is 0.433. The molecule has 1 aromatic heterocycles. The molecule has 1 aliphatic carbocycles. The van der Waals surface area contributed by atoms with Crippen LogP contribution in [-0.2, 0) is 0 Å². The van der Waals surface area contributed by atoms with Crippen LogP contribution < -0.4 is 11.1 Å². The first-order valence-electron chi connectivity index (χ1n) is 6.86. The first kappa shape index (κ1) is 12.7. The average molecular weight is 266 g/mol. The monoisotopic (exact) mass is 266 g/mol. The van der Waals surface area contributed by atoms with Crippen LogP contribution in [0.5, 0.6) is 0 Å². The van der Waals surface area contributed by atoms with Crippen molar-refractivity contribution < 1.29 is 0 Å². The van der Waals surface area contributed by atoms with E-state index >= 15 is 0 Å². The largest absolute Gasteiger partial charge is 0.370 e. The van der Waals surface area contributed by atoms with E-state index in [-0.39, 0.29) is 0 Å². The van der Waals surface area contributed by atoms with Crippen molar-refractivity contribution in [2.75, 3.05) is 11.9 Å². The topological polar surface area (TPSA) is 63.3 Å². The molecule has 1 saturated carbocycles. The van der Waals surface area contributed by atoms with E-state index in [0.29, 0.717) is 17.8 Å². The molecule has 4 nitrogen and oxygen atoms in total. The summed E-state index contributed by atoms with van der Waals surface area (Å²) in [5.74, 6) is 2.41. The Morgan fingerprint density at radius 1 is 1.20 bits per heavy atom. The van der Waals surface area contributed by atoms with Gasteiger partial charge in [0.25, 0.3) is 0 Å². The van der Waals surface area contributed by atoms with E-state index in [1.807, 2.05) is 24.3 Å². The van der Waals surface area contributed by atoms with Gasteiger partial charge in [0.2, 0.25) is 0 Å². The van der Waals surface area contributed by atoms with Gasteiger partial charge >= 0.3 is 0 Å². The number of pyridine rings is 1. The van der Waals surface area contributed by atoms with Gasteiger partial charge in [-0.15, -0.1) is 0 Å². The minimum Gasteiger partial charge on any atom is -0.370 e. The first-order valence-corrected chi connectivity index (χ1v) is 6.86. The van der Waals surface area contributed by atoms with Crippen molar-refractivity contribution in [3.8, 4) is 0 Å². The van der Waals surface area contributed by atoms with Crippen molar-refractivity contribution in [3.05, 3.63) is 60.3 Å². The molecule has 2 atom stereocenters. The van der Waals surface area contributed by atoms with Crippen LogP contribution in [0, 0.1) is 5.92 Å². The first-order chi connectivity index (χ1) is 9.83. The van der Waals surface area contributed by atoms with Gasteiger partial charge in [-0.3, -0.25) is 4.99 Å². The second-order valence-corrected chi connectivity index (χ2v) is 5.08. The standard InChI is InChI=1S/C16H18N4/c17-16(20-15-8-4-5-9-18-15)19-11-13-10-14(13)12-6-2-1-3-7-12/h1-9,13-14H,10-11H2,(H3,17,18,19,20)/t13-,14-/m0/s1. The molecule has 1 heterocycles. The summed E-state index contributed by atoms with van der Waals surface area (Å²) < 4.78 is 0. The van der Waals surface area contributed by atoms with Crippen molar-refractivity contribution in [3.63, 3.8) is 0 Å². The molecule has 2 aromatic rings. The number of anilines is 1. The highest BCUT2D eigenvalue weighted by Gasteiger charge is 2.37. The molecule has 0 saturated heterocycles. The molecule has 0 unspecified atom stereocenters. The van der Waals surface area contributed by atoms with Crippen LogP contribution in [-0.4, -0.2) is 17.5 Å². The van der Waals surface area contributed by atoms with E-state index in [1.54, 1.807) is 6.20 Å². The Hall–Kier alpha value is -2.36.